The quantitative estimate of drug-likeness (QED) is 0.386. The van der Waals surface area contributed by atoms with E-state index in [1.165, 1.54) is 0 Å². The summed E-state index contributed by atoms with van der Waals surface area (Å²) in [5.41, 5.74) is 3.64. The molecule has 0 bridgehead atoms. The Bertz CT molecular complexity index is 1000. The Morgan fingerprint density at radius 2 is 1.75 bits per heavy atom. The third-order valence-corrected chi connectivity index (χ3v) is 6.82. The van der Waals surface area contributed by atoms with Gasteiger partial charge in [0.15, 0.2) is 11.5 Å². The third-order valence-electron chi connectivity index (χ3n) is 4.44. The maximum atomic E-state index is 14.1. The molecule has 0 aliphatic heterocycles. The summed E-state index contributed by atoms with van der Waals surface area (Å²) in [5, 5.41) is 14.0. The van der Waals surface area contributed by atoms with E-state index in [1.54, 1.807) is 25.3 Å². The molecule has 2 aromatic rings. The van der Waals surface area contributed by atoms with Gasteiger partial charge in [0.25, 0.3) is 0 Å². The van der Waals surface area contributed by atoms with Gasteiger partial charge in [-0.3, -0.25) is 9.55 Å². The summed E-state index contributed by atoms with van der Waals surface area (Å²) >= 11 is 0. The highest BCUT2D eigenvalue weighted by molar-refractivity contribution is 7.65. The lowest BCUT2D eigenvalue weighted by Gasteiger charge is -2.26. The third kappa shape index (κ3) is 6.58. The van der Waals surface area contributed by atoms with Crippen LogP contribution in [-0.2, 0) is 13.6 Å². The fourth-order valence-corrected chi connectivity index (χ4v) is 5.21. The molecule has 0 aliphatic rings. The maximum Gasteiger partial charge on any atom is 0.363 e. The van der Waals surface area contributed by atoms with E-state index >= 15 is 0 Å². The molecule has 0 saturated carbocycles. The van der Waals surface area contributed by atoms with E-state index in [-0.39, 0.29) is 18.0 Å². The van der Waals surface area contributed by atoms with Crippen molar-refractivity contribution < 1.29 is 23.5 Å². The van der Waals surface area contributed by atoms with Crippen molar-refractivity contribution in [2.24, 2.45) is 0 Å². The SMILES string of the molecule is CCOc1cc(/C(=C\Nc2ccc(C)nc2C)P(=O)(OC(C)C)OC(C)C)cc(C)c1O. The Kier molecular flexibility index (Phi) is 8.90. The summed E-state index contributed by atoms with van der Waals surface area (Å²) in [4.78, 5) is 4.47. The number of nitrogens with zero attached hydrogens (tertiary/aromatic N) is 1. The second-order valence-corrected chi connectivity index (χ2v) is 10.0. The number of phenolic OH excluding ortho intramolecular Hbond substituents is 1. The lowest BCUT2D eigenvalue weighted by atomic mass is 10.1. The van der Waals surface area contributed by atoms with Gasteiger partial charge in [-0.05, 0) is 90.8 Å². The first-order valence-electron chi connectivity index (χ1n) is 10.8. The van der Waals surface area contributed by atoms with Crippen molar-refractivity contribution in [1.29, 1.82) is 0 Å². The van der Waals surface area contributed by atoms with E-state index in [0.717, 1.165) is 17.1 Å². The van der Waals surface area contributed by atoms with E-state index in [1.807, 2.05) is 60.6 Å². The fraction of sp³-hybridized carbons (Fsp3) is 0.458. The molecule has 0 saturated heterocycles. The topological polar surface area (TPSA) is 89.9 Å². The minimum atomic E-state index is -3.76. The van der Waals surface area contributed by atoms with E-state index in [4.69, 9.17) is 13.8 Å². The van der Waals surface area contributed by atoms with Gasteiger partial charge in [-0.15, -0.1) is 0 Å². The molecule has 0 spiro atoms. The molecule has 176 valence electrons. The standard InChI is InChI=1S/C24H35N2O5P/c1-9-29-22-13-20(12-17(6)24(22)27)23(32(28,30-15(2)3)31-16(4)5)14-25-21-11-10-18(7)26-19(21)8/h10-16,25,27H,9H2,1-8H3/b23-14+. The molecule has 0 radical (unpaired) electrons. The van der Waals surface area contributed by atoms with Gasteiger partial charge in [-0.2, -0.15) is 0 Å². The number of hydrogen-bond acceptors (Lipinski definition) is 7. The highest BCUT2D eigenvalue weighted by Gasteiger charge is 2.35. The van der Waals surface area contributed by atoms with E-state index < -0.39 is 7.60 Å². The Morgan fingerprint density at radius 1 is 1.12 bits per heavy atom. The van der Waals surface area contributed by atoms with Gasteiger partial charge in [0.05, 0.1) is 35.5 Å². The molecule has 1 aromatic heterocycles. The number of phenols is 1. The van der Waals surface area contributed by atoms with Crippen LogP contribution in [0.15, 0.2) is 30.5 Å². The Morgan fingerprint density at radius 3 is 2.28 bits per heavy atom. The highest BCUT2D eigenvalue weighted by Crippen LogP contribution is 2.62. The van der Waals surface area contributed by atoms with E-state index in [2.05, 4.69) is 10.3 Å². The first-order chi connectivity index (χ1) is 15.0. The smallest absolute Gasteiger partial charge is 0.363 e. The number of ether oxygens (including phenoxy) is 1. The number of anilines is 1. The summed E-state index contributed by atoms with van der Waals surface area (Å²) < 4.78 is 31.4. The van der Waals surface area contributed by atoms with Crippen molar-refractivity contribution in [2.45, 2.75) is 67.6 Å². The molecule has 2 rings (SSSR count). The zero-order chi connectivity index (χ0) is 24.1. The van der Waals surface area contributed by atoms with Gasteiger partial charge in [-0.1, -0.05) is 0 Å². The van der Waals surface area contributed by atoms with Crippen molar-refractivity contribution in [2.75, 3.05) is 11.9 Å². The van der Waals surface area contributed by atoms with Crippen molar-refractivity contribution in [3.05, 3.63) is 53.0 Å². The zero-order valence-electron chi connectivity index (χ0n) is 20.2. The Balaban J connectivity index is 2.69. The normalized spacial score (nSPS) is 12.5. The fourth-order valence-electron chi connectivity index (χ4n) is 3.16. The largest absolute Gasteiger partial charge is 0.504 e. The summed E-state index contributed by atoms with van der Waals surface area (Å²) in [5.74, 6) is 0.355. The molecule has 0 unspecified atom stereocenters. The molecule has 0 amide bonds. The van der Waals surface area contributed by atoms with Crippen LogP contribution in [0.1, 0.15) is 57.1 Å². The van der Waals surface area contributed by atoms with Crippen LogP contribution in [0.3, 0.4) is 0 Å². The number of aryl methyl sites for hydroxylation is 3. The molecule has 32 heavy (non-hydrogen) atoms. The monoisotopic (exact) mass is 462 g/mol. The highest BCUT2D eigenvalue weighted by atomic mass is 31.2. The molecule has 8 heteroatoms. The van der Waals surface area contributed by atoms with Crippen LogP contribution in [0.2, 0.25) is 0 Å². The number of rotatable bonds is 10. The van der Waals surface area contributed by atoms with Gasteiger partial charge in [0.1, 0.15) is 0 Å². The average Bonchev–Trinajstić information content (AvgIpc) is 2.66. The second-order valence-electron chi connectivity index (χ2n) is 8.14. The van der Waals surface area contributed by atoms with Crippen molar-refractivity contribution in [3.8, 4) is 11.5 Å². The predicted molar refractivity (Wildman–Crippen MR) is 129 cm³/mol. The summed E-state index contributed by atoms with van der Waals surface area (Å²) in [6.07, 6.45) is 0.956. The van der Waals surface area contributed by atoms with Gasteiger partial charge in [0, 0.05) is 11.9 Å². The van der Waals surface area contributed by atoms with Gasteiger partial charge >= 0.3 is 7.60 Å². The van der Waals surface area contributed by atoms with Crippen LogP contribution >= 0.6 is 7.60 Å². The summed E-state index contributed by atoms with van der Waals surface area (Å²) in [6, 6.07) is 7.21. The second kappa shape index (κ2) is 11.0. The molecule has 0 aliphatic carbocycles. The number of hydrogen-bond donors (Lipinski definition) is 2. The number of benzene rings is 1. The Hall–Kier alpha value is -2.34. The van der Waals surface area contributed by atoms with Crippen molar-refractivity contribution in [3.63, 3.8) is 0 Å². The predicted octanol–water partition coefficient (Wildman–Crippen LogP) is 6.56. The first-order valence-corrected chi connectivity index (χ1v) is 12.4. The molecule has 1 heterocycles. The molecule has 7 nitrogen and oxygen atoms in total. The summed E-state index contributed by atoms with van der Waals surface area (Å²) in [7, 11) is -3.76. The number of pyridine rings is 1. The van der Waals surface area contributed by atoms with Crippen LogP contribution in [0, 0.1) is 20.8 Å². The molecule has 2 N–H and O–H groups in total. The lowest BCUT2D eigenvalue weighted by molar-refractivity contribution is 0.151. The van der Waals surface area contributed by atoms with Crippen molar-refractivity contribution in [1.82, 2.24) is 4.98 Å². The van der Waals surface area contributed by atoms with Crippen LogP contribution in [0.25, 0.3) is 5.31 Å². The van der Waals surface area contributed by atoms with Gasteiger partial charge in [0.2, 0.25) is 0 Å². The first kappa shape index (κ1) is 25.9. The Labute approximate surface area is 191 Å². The molecule has 0 fully saturated rings. The number of aromatic nitrogens is 1. The van der Waals surface area contributed by atoms with Crippen molar-refractivity contribution >= 4 is 18.6 Å². The minimum Gasteiger partial charge on any atom is -0.504 e. The van der Waals surface area contributed by atoms with Crippen LogP contribution in [0.4, 0.5) is 5.69 Å². The lowest BCUT2D eigenvalue weighted by Crippen LogP contribution is -2.10. The zero-order valence-corrected chi connectivity index (χ0v) is 21.1. The number of nitrogens with one attached hydrogen (secondary N) is 1. The van der Waals surface area contributed by atoms with Crippen LogP contribution in [0.5, 0.6) is 11.5 Å². The minimum absolute atomic E-state index is 0.0471. The molecular weight excluding hydrogens is 427 g/mol. The molecule has 1 aromatic carbocycles. The van der Waals surface area contributed by atoms with E-state index in [0.29, 0.717) is 28.8 Å². The molecule has 0 atom stereocenters. The van der Waals surface area contributed by atoms with Gasteiger partial charge in [-0.25, -0.2) is 0 Å². The number of aromatic hydroxyl groups is 1. The average molecular weight is 463 g/mol. The van der Waals surface area contributed by atoms with E-state index in [9.17, 15) is 9.67 Å². The van der Waals surface area contributed by atoms with Crippen LogP contribution < -0.4 is 10.1 Å². The van der Waals surface area contributed by atoms with Crippen LogP contribution in [-0.4, -0.2) is 28.9 Å². The summed E-state index contributed by atoms with van der Waals surface area (Å²) in [6.45, 7) is 15.0. The maximum absolute atomic E-state index is 14.1. The van der Waals surface area contributed by atoms with Gasteiger partial charge < -0.3 is 24.2 Å². The molecular formula is C24H35N2O5P.